The Morgan fingerprint density at radius 1 is 1.26 bits per heavy atom. The molecule has 5 nitrogen and oxygen atoms in total. The number of thiazole rings is 1. The number of carbonyl (C=O) groups excluding carboxylic acids is 1. The molecule has 1 N–H and O–H groups in total. The van der Waals surface area contributed by atoms with Gasteiger partial charge in [-0.05, 0) is 38.1 Å². The zero-order chi connectivity index (χ0) is 16.6. The summed E-state index contributed by atoms with van der Waals surface area (Å²) in [5.41, 5.74) is 1.44. The summed E-state index contributed by atoms with van der Waals surface area (Å²) in [6.07, 6.45) is 0. The van der Waals surface area contributed by atoms with Crippen LogP contribution in [0.3, 0.4) is 0 Å². The summed E-state index contributed by atoms with van der Waals surface area (Å²) in [5.74, 6) is -0.307. The van der Waals surface area contributed by atoms with Crippen molar-refractivity contribution in [2.45, 2.75) is 19.9 Å². The minimum atomic E-state index is -0.363. The molecule has 2 aromatic heterocycles. The quantitative estimate of drug-likeness (QED) is 0.804. The van der Waals surface area contributed by atoms with Crippen molar-refractivity contribution in [3.8, 4) is 0 Å². The van der Waals surface area contributed by atoms with Gasteiger partial charge in [0.05, 0.1) is 16.3 Å². The predicted octanol–water partition coefficient (Wildman–Crippen LogP) is 3.13. The van der Waals surface area contributed by atoms with E-state index in [9.17, 15) is 9.59 Å². The molecule has 0 saturated carbocycles. The molecule has 0 aliphatic carbocycles. The molecule has 1 unspecified atom stereocenters. The molecule has 2 heterocycles. The second kappa shape index (κ2) is 5.96. The van der Waals surface area contributed by atoms with Crippen LogP contribution in [0.2, 0.25) is 0 Å². The largest absolute Gasteiger partial charge is 0.332 e. The number of pyridine rings is 1. The number of aryl methyl sites for hydroxylation is 1. The first kappa shape index (κ1) is 15.4. The SMILES string of the molecule is Cc1ccc(C(=O)N(C)C(C)c2nc3ccccc3s2)c(=O)[nH]1. The number of nitrogens with one attached hydrogen (secondary N) is 1. The highest BCUT2D eigenvalue weighted by molar-refractivity contribution is 7.18. The fourth-order valence-electron chi connectivity index (χ4n) is 2.34. The van der Waals surface area contributed by atoms with Crippen LogP contribution in [0.15, 0.2) is 41.2 Å². The van der Waals surface area contributed by atoms with Gasteiger partial charge in [-0.15, -0.1) is 11.3 Å². The molecule has 23 heavy (non-hydrogen) atoms. The monoisotopic (exact) mass is 327 g/mol. The Bertz CT molecular complexity index is 896. The maximum Gasteiger partial charge on any atom is 0.260 e. The summed E-state index contributed by atoms with van der Waals surface area (Å²) in [7, 11) is 1.69. The van der Waals surface area contributed by atoms with Gasteiger partial charge in [0.15, 0.2) is 0 Å². The molecule has 6 heteroatoms. The van der Waals surface area contributed by atoms with Crippen molar-refractivity contribution in [3.63, 3.8) is 0 Å². The second-order valence-corrected chi connectivity index (χ2v) is 6.56. The van der Waals surface area contributed by atoms with E-state index in [1.807, 2.05) is 31.2 Å². The van der Waals surface area contributed by atoms with Crippen LogP contribution in [0.1, 0.15) is 34.0 Å². The average molecular weight is 327 g/mol. The smallest absolute Gasteiger partial charge is 0.260 e. The number of aromatic nitrogens is 2. The summed E-state index contributed by atoms with van der Waals surface area (Å²) >= 11 is 1.56. The zero-order valence-electron chi connectivity index (χ0n) is 13.2. The zero-order valence-corrected chi connectivity index (χ0v) is 14.0. The predicted molar refractivity (Wildman–Crippen MR) is 91.9 cm³/mol. The lowest BCUT2D eigenvalue weighted by Crippen LogP contribution is -2.33. The second-order valence-electron chi connectivity index (χ2n) is 5.50. The van der Waals surface area contributed by atoms with E-state index in [1.54, 1.807) is 42.3 Å². The number of fused-ring (bicyclic) bond motifs is 1. The van der Waals surface area contributed by atoms with Gasteiger partial charge in [-0.2, -0.15) is 0 Å². The van der Waals surface area contributed by atoms with Gasteiger partial charge in [-0.3, -0.25) is 9.59 Å². The number of hydrogen-bond donors (Lipinski definition) is 1. The number of aromatic amines is 1. The summed E-state index contributed by atoms with van der Waals surface area (Å²) in [5, 5.41) is 0.852. The lowest BCUT2D eigenvalue weighted by atomic mass is 10.2. The van der Waals surface area contributed by atoms with E-state index in [0.29, 0.717) is 0 Å². The first-order valence-electron chi connectivity index (χ1n) is 7.30. The Kier molecular flexibility index (Phi) is 4.00. The topological polar surface area (TPSA) is 66.1 Å². The van der Waals surface area contributed by atoms with Gasteiger partial charge in [-0.1, -0.05) is 12.1 Å². The Hall–Kier alpha value is -2.47. The molecule has 118 valence electrons. The Balaban J connectivity index is 1.90. The van der Waals surface area contributed by atoms with E-state index in [0.717, 1.165) is 20.9 Å². The van der Waals surface area contributed by atoms with Crippen molar-refractivity contribution in [1.29, 1.82) is 0 Å². The Labute approximate surface area is 137 Å². The molecule has 1 atom stereocenters. The van der Waals surface area contributed by atoms with Crippen molar-refractivity contribution in [3.05, 3.63) is 63.0 Å². The van der Waals surface area contributed by atoms with E-state index in [4.69, 9.17) is 0 Å². The molecule has 3 rings (SSSR count). The van der Waals surface area contributed by atoms with Gasteiger partial charge in [0.25, 0.3) is 11.5 Å². The first-order valence-corrected chi connectivity index (χ1v) is 8.11. The number of nitrogens with zero attached hydrogens (tertiary/aromatic N) is 2. The van der Waals surface area contributed by atoms with Gasteiger partial charge in [0.2, 0.25) is 0 Å². The van der Waals surface area contributed by atoms with Crippen LogP contribution in [-0.2, 0) is 0 Å². The van der Waals surface area contributed by atoms with Gasteiger partial charge in [0, 0.05) is 12.7 Å². The van der Waals surface area contributed by atoms with E-state index < -0.39 is 0 Å². The number of hydrogen-bond acceptors (Lipinski definition) is 4. The fraction of sp³-hybridized carbons (Fsp3) is 0.235. The van der Waals surface area contributed by atoms with Crippen LogP contribution in [0.4, 0.5) is 0 Å². The molecule has 0 radical (unpaired) electrons. The third kappa shape index (κ3) is 2.90. The number of rotatable bonds is 3. The van der Waals surface area contributed by atoms with Crippen LogP contribution < -0.4 is 5.56 Å². The van der Waals surface area contributed by atoms with Crippen molar-refractivity contribution < 1.29 is 4.79 Å². The van der Waals surface area contributed by atoms with Crippen molar-refractivity contribution >= 4 is 27.5 Å². The summed E-state index contributed by atoms with van der Waals surface area (Å²) in [6, 6.07) is 11.0. The molecule has 1 amide bonds. The first-order chi connectivity index (χ1) is 11.0. The van der Waals surface area contributed by atoms with Crippen LogP contribution in [-0.4, -0.2) is 27.8 Å². The van der Waals surface area contributed by atoms with Crippen LogP contribution >= 0.6 is 11.3 Å². The minimum absolute atomic E-state index is 0.145. The molecule has 1 aromatic carbocycles. The third-order valence-electron chi connectivity index (χ3n) is 3.85. The van der Waals surface area contributed by atoms with Crippen LogP contribution in [0.25, 0.3) is 10.2 Å². The third-order valence-corrected chi connectivity index (χ3v) is 5.06. The maximum absolute atomic E-state index is 12.6. The van der Waals surface area contributed by atoms with Crippen molar-refractivity contribution in [1.82, 2.24) is 14.9 Å². The average Bonchev–Trinajstić information content (AvgIpc) is 2.97. The summed E-state index contributed by atoms with van der Waals surface area (Å²) in [6.45, 7) is 3.70. The van der Waals surface area contributed by atoms with E-state index >= 15 is 0 Å². The lowest BCUT2D eigenvalue weighted by molar-refractivity contribution is 0.0740. The molecule has 3 aromatic rings. The number of para-hydroxylation sites is 1. The van der Waals surface area contributed by atoms with Crippen LogP contribution in [0.5, 0.6) is 0 Å². The van der Waals surface area contributed by atoms with E-state index in [1.165, 1.54) is 0 Å². The van der Waals surface area contributed by atoms with Crippen LogP contribution in [0, 0.1) is 6.92 Å². The molecule has 0 aliphatic heterocycles. The maximum atomic E-state index is 12.6. The Morgan fingerprint density at radius 3 is 2.70 bits per heavy atom. The highest BCUT2D eigenvalue weighted by Gasteiger charge is 2.23. The summed E-state index contributed by atoms with van der Waals surface area (Å²) in [4.78, 5) is 33.4. The normalized spacial score (nSPS) is 12.3. The van der Waals surface area contributed by atoms with Gasteiger partial charge >= 0.3 is 0 Å². The Morgan fingerprint density at radius 2 is 2.00 bits per heavy atom. The molecule has 0 spiro atoms. The minimum Gasteiger partial charge on any atom is -0.332 e. The van der Waals surface area contributed by atoms with Gasteiger partial charge < -0.3 is 9.88 Å². The van der Waals surface area contributed by atoms with Crippen molar-refractivity contribution in [2.75, 3.05) is 7.05 Å². The number of carbonyl (C=O) groups is 1. The summed E-state index contributed by atoms with van der Waals surface area (Å²) < 4.78 is 1.09. The molecular formula is C17H17N3O2S. The number of H-pyrrole nitrogens is 1. The molecule has 0 fully saturated rings. The standard InChI is InChI=1S/C17H17N3O2S/c1-10-8-9-12(15(21)18-10)17(22)20(3)11(2)16-19-13-6-4-5-7-14(13)23-16/h4-9,11H,1-3H3,(H,18,21). The molecule has 0 aliphatic rings. The highest BCUT2D eigenvalue weighted by Crippen LogP contribution is 2.29. The molecule has 0 bridgehead atoms. The van der Waals surface area contributed by atoms with Gasteiger partial charge in [-0.25, -0.2) is 4.98 Å². The number of benzene rings is 1. The molecule has 0 saturated heterocycles. The number of amides is 1. The van der Waals surface area contributed by atoms with Gasteiger partial charge in [0.1, 0.15) is 10.6 Å². The van der Waals surface area contributed by atoms with E-state index in [2.05, 4.69) is 9.97 Å². The van der Waals surface area contributed by atoms with Crippen molar-refractivity contribution in [2.24, 2.45) is 0 Å². The highest BCUT2D eigenvalue weighted by atomic mass is 32.1. The fourth-order valence-corrected chi connectivity index (χ4v) is 3.40. The molecular weight excluding hydrogens is 310 g/mol. The van der Waals surface area contributed by atoms with E-state index in [-0.39, 0.29) is 23.1 Å². The lowest BCUT2D eigenvalue weighted by Gasteiger charge is -2.23.